The Labute approximate surface area is 87.3 Å². The smallest absolute Gasteiger partial charge is 0.358 e. The standard InChI is InChI=1S/C9H14N4O2/c14-9(15)8-6-13(12-11-8)5-7-3-1-2-4-10-7/h6-7,10H,1-5H2,(H,14,15). The zero-order valence-electron chi connectivity index (χ0n) is 8.39. The molecule has 15 heavy (non-hydrogen) atoms. The van der Waals surface area contributed by atoms with E-state index in [0.717, 1.165) is 13.0 Å². The molecule has 1 atom stereocenters. The van der Waals surface area contributed by atoms with Gasteiger partial charge in [0.1, 0.15) is 0 Å². The lowest BCUT2D eigenvalue weighted by atomic mass is 10.1. The van der Waals surface area contributed by atoms with Crippen LogP contribution in [0.5, 0.6) is 0 Å². The van der Waals surface area contributed by atoms with Crippen molar-refractivity contribution in [1.29, 1.82) is 0 Å². The summed E-state index contributed by atoms with van der Waals surface area (Å²) in [5, 5.41) is 19.4. The first-order chi connectivity index (χ1) is 7.25. The molecule has 82 valence electrons. The summed E-state index contributed by atoms with van der Waals surface area (Å²) in [7, 11) is 0. The van der Waals surface area contributed by atoms with Crippen molar-refractivity contribution in [2.75, 3.05) is 6.54 Å². The number of aromatic carboxylic acids is 1. The lowest BCUT2D eigenvalue weighted by molar-refractivity contribution is 0.0690. The Bertz CT molecular complexity index is 344. The van der Waals surface area contributed by atoms with Crippen LogP contribution in [0.1, 0.15) is 29.8 Å². The van der Waals surface area contributed by atoms with E-state index in [1.165, 1.54) is 19.0 Å². The lowest BCUT2D eigenvalue weighted by Gasteiger charge is -2.22. The van der Waals surface area contributed by atoms with Gasteiger partial charge in [0.25, 0.3) is 0 Å². The van der Waals surface area contributed by atoms with E-state index in [4.69, 9.17) is 5.11 Å². The second kappa shape index (κ2) is 4.39. The third-order valence-corrected chi connectivity index (χ3v) is 2.58. The van der Waals surface area contributed by atoms with E-state index >= 15 is 0 Å². The van der Waals surface area contributed by atoms with Crippen LogP contribution in [0.3, 0.4) is 0 Å². The molecule has 0 aromatic carbocycles. The fourth-order valence-electron chi connectivity index (χ4n) is 1.79. The first kappa shape index (κ1) is 10.1. The van der Waals surface area contributed by atoms with Crippen LogP contribution in [0, 0.1) is 0 Å². The van der Waals surface area contributed by atoms with Crippen molar-refractivity contribution >= 4 is 5.97 Å². The summed E-state index contributed by atoms with van der Waals surface area (Å²) in [5.41, 5.74) is 0.00538. The van der Waals surface area contributed by atoms with Crippen LogP contribution in [-0.4, -0.2) is 38.7 Å². The van der Waals surface area contributed by atoms with Crippen LogP contribution in [0.25, 0.3) is 0 Å². The summed E-state index contributed by atoms with van der Waals surface area (Å²) in [6.45, 7) is 1.73. The first-order valence-electron chi connectivity index (χ1n) is 5.12. The molecular formula is C9H14N4O2. The summed E-state index contributed by atoms with van der Waals surface area (Å²) in [4.78, 5) is 10.6. The third kappa shape index (κ3) is 2.53. The molecule has 0 radical (unpaired) electrons. The van der Waals surface area contributed by atoms with Crippen molar-refractivity contribution in [3.05, 3.63) is 11.9 Å². The van der Waals surface area contributed by atoms with Crippen molar-refractivity contribution in [1.82, 2.24) is 20.3 Å². The molecule has 1 saturated heterocycles. The molecule has 1 aromatic rings. The highest BCUT2D eigenvalue weighted by molar-refractivity contribution is 5.84. The van der Waals surface area contributed by atoms with Gasteiger partial charge in [0.2, 0.25) is 0 Å². The molecule has 2 rings (SSSR count). The van der Waals surface area contributed by atoms with Crippen LogP contribution in [0.15, 0.2) is 6.20 Å². The number of carbonyl (C=O) groups is 1. The van der Waals surface area contributed by atoms with Gasteiger partial charge in [0.05, 0.1) is 12.7 Å². The molecule has 0 saturated carbocycles. The van der Waals surface area contributed by atoms with E-state index in [0.29, 0.717) is 12.6 Å². The minimum Gasteiger partial charge on any atom is -0.476 e. The van der Waals surface area contributed by atoms with Gasteiger partial charge >= 0.3 is 5.97 Å². The molecule has 0 bridgehead atoms. The zero-order valence-corrected chi connectivity index (χ0v) is 8.39. The van der Waals surface area contributed by atoms with Gasteiger partial charge in [-0.15, -0.1) is 5.10 Å². The van der Waals surface area contributed by atoms with Gasteiger partial charge in [0, 0.05) is 6.04 Å². The number of carboxylic acids is 1. The number of aromatic nitrogens is 3. The number of rotatable bonds is 3. The van der Waals surface area contributed by atoms with E-state index in [1.54, 1.807) is 4.68 Å². The molecular weight excluding hydrogens is 196 g/mol. The maximum Gasteiger partial charge on any atom is 0.358 e. The quantitative estimate of drug-likeness (QED) is 0.740. The highest BCUT2D eigenvalue weighted by atomic mass is 16.4. The predicted octanol–water partition coefficient (Wildman–Crippen LogP) is 0.118. The highest BCUT2D eigenvalue weighted by Crippen LogP contribution is 2.08. The minimum absolute atomic E-state index is 0.00538. The maximum absolute atomic E-state index is 10.6. The highest BCUT2D eigenvalue weighted by Gasteiger charge is 2.15. The van der Waals surface area contributed by atoms with Gasteiger partial charge in [-0.2, -0.15) is 0 Å². The number of carboxylic acid groups (broad SMARTS) is 1. The molecule has 1 aliphatic rings. The van der Waals surface area contributed by atoms with Crippen molar-refractivity contribution in [3.8, 4) is 0 Å². The number of nitrogens with one attached hydrogen (secondary N) is 1. The molecule has 6 heteroatoms. The van der Waals surface area contributed by atoms with Crippen molar-refractivity contribution in [2.45, 2.75) is 31.8 Å². The van der Waals surface area contributed by atoms with Crippen LogP contribution in [-0.2, 0) is 6.54 Å². The maximum atomic E-state index is 10.6. The summed E-state index contributed by atoms with van der Waals surface area (Å²) < 4.78 is 1.59. The molecule has 2 N–H and O–H groups in total. The minimum atomic E-state index is -1.03. The van der Waals surface area contributed by atoms with Gasteiger partial charge < -0.3 is 10.4 Å². The molecule has 0 amide bonds. The topological polar surface area (TPSA) is 80.0 Å². The predicted molar refractivity (Wildman–Crippen MR) is 52.6 cm³/mol. The first-order valence-corrected chi connectivity index (χ1v) is 5.12. The average molecular weight is 210 g/mol. The Morgan fingerprint density at radius 2 is 2.53 bits per heavy atom. The summed E-state index contributed by atoms with van der Waals surface area (Å²) in [6, 6.07) is 0.391. The lowest BCUT2D eigenvalue weighted by Crippen LogP contribution is -2.37. The molecule has 0 aliphatic carbocycles. The number of hydrogen-bond acceptors (Lipinski definition) is 4. The zero-order chi connectivity index (χ0) is 10.7. The molecule has 6 nitrogen and oxygen atoms in total. The van der Waals surface area contributed by atoms with Crippen LogP contribution in [0.2, 0.25) is 0 Å². The Kier molecular flexibility index (Phi) is 2.96. The molecule has 1 unspecified atom stereocenters. The molecule has 0 spiro atoms. The fourth-order valence-corrected chi connectivity index (χ4v) is 1.79. The van der Waals surface area contributed by atoms with Crippen molar-refractivity contribution < 1.29 is 9.90 Å². The van der Waals surface area contributed by atoms with Crippen molar-refractivity contribution in [3.63, 3.8) is 0 Å². The summed E-state index contributed by atoms with van der Waals surface area (Å²) in [6.07, 6.45) is 5.02. The van der Waals surface area contributed by atoms with Gasteiger partial charge in [-0.05, 0) is 19.4 Å². The van der Waals surface area contributed by atoms with Gasteiger partial charge in [-0.1, -0.05) is 11.6 Å². The SMILES string of the molecule is O=C(O)c1cn(CC2CCCCN2)nn1. The Hall–Kier alpha value is -1.43. The molecule has 1 aromatic heterocycles. The molecule has 2 heterocycles. The largest absolute Gasteiger partial charge is 0.476 e. The van der Waals surface area contributed by atoms with Crippen LogP contribution in [0.4, 0.5) is 0 Å². The average Bonchev–Trinajstić information content (AvgIpc) is 2.68. The van der Waals surface area contributed by atoms with Crippen LogP contribution < -0.4 is 5.32 Å². The third-order valence-electron chi connectivity index (χ3n) is 2.58. The van der Waals surface area contributed by atoms with E-state index in [1.807, 2.05) is 0 Å². The number of hydrogen-bond donors (Lipinski definition) is 2. The van der Waals surface area contributed by atoms with Gasteiger partial charge in [-0.25, -0.2) is 4.79 Å². The molecule has 1 aliphatic heterocycles. The van der Waals surface area contributed by atoms with E-state index in [2.05, 4.69) is 15.6 Å². The van der Waals surface area contributed by atoms with Crippen LogP contribution >= 0.6 is 0 Å². The molecule has 1 fully saturated rings. The van der Waals surface area contributed by atoms with Crippen molar-refractivity contribution in [2.24, 2.45) is 0 Å². The summed E-state index contributed by atoms with van der Waals surface area (Å²) >= 11 is 0. The summed E-state index contributed by atoms with van der Waals surface area (Å²) in [5.74, 6) is -1.03. The fraction of sp³-hybridized carbons (Fsp3) is 0.667. The second-order valence-corrected chi connectivity index (χ2v) is 3.78. The Morgan fingerprint density at radius 1 is 1.67 bits per heavy atom. The van der Waals surface area contributed by atoms with E-state index in [9.17, 15) is 4.79 Å². The van der Waals surface area contributed by atoms with Gasteiger partial charge in [0.15, 0.2) is 5.69 Å². The normalized spacial score (nSPS) is 21.5. The second-order valence-electron chi connectivity index (χ2n) is 3.78. The van der Waals surface area contributed by atoms with E-state index < -0.39 is 5.97 Å². The Balaban J connectivity index is 1.94. The number of nitrogens with zero attached hydrogens (tertiary/aromatic N) is 3. The Morgan fingerprint density at radius 3 is 3.13 bits per heavy atom. The number of piperidine rings is 1. The monoisotopic (exact) mass is 210 g/mol. The van der Waals surface area contributed by atoms with Gasteiger partial charge in [-0.3, -0.25) is 4.68 Å². The van der Waals surface area contributed by atoms with E-state index in [-0.39, 0.29) is 5.69 Å².